The van der Waals surface area contributed by atoms with Gasteiger partial charge in [0.1, 0.15) is 0 Å². The maximum atomic E-state index is 6.10. The maximum Gasteiger partial charge on any atom is 0.0977 e. The second kappa shape index (κ2) is 7.68. The van der Waals surface area contributed by atoms with E-state index in [0.29, 0.717) is 6.54 Å². The lowest BCUT2D eigenvalue weighted by Gasteiger charge is -2.07. The Balaban J connectivity index is 1.69. The standard InChI is InChI=1S/C23H20ClN3/c1-17-10-12-18(13-11-17)23-19(15-25-21-7-5-6-20(24)14-21)16-27(26-23)22-8-3-2-4-9-22/h2-14,16,25H,15H2,1H3. The number of aryl methyl sites for hydroxylation is 1. The Morgan fingerprint density at radius 3 is 2.44 bits per heavy atom. The molecule has 1 heterocycles. The van der Waals surface area contributed by atoms with Gasteiger partial charge >= 0.3 is 0 Å². The van der Waals surface area contributed by atoms with Gasteiger partial charge < -0.3 is 5.32 Å². The molecule has 3 nitrogen and oxygen atoms in total. The van der Waals surface area contributed by atoms with Gasteiger partial charge in [-0.05, 0) is 37.3 Å². The van der Waals surface area contributed by atoms with Crippen molar-refractivity contribution in [2.45, 2.75) is 13.5 Å². The van der Waals surface area contributed by atoms with Crippen LogP contribution in [-0.2, 0) is 6.54 Å². The van der Waals surface area contributed by atoms with Crippen LogP contribution in [0, 0.1) is 6.92 Å². The molecule has 0 amide bonds. The van der Waals surface area contributed by atoms with Crippen LogP contribution in [0.3, 0.4) is 0 Å². The van der Waals surface area contributed by atoms with Crippen LogP contribution < -0.4 is 5.32 Å². The third-order valence-corrected chi connectivity index (χ3v) is 4.68. The van der Waals surface area contributed by atoms with Gasteiger partial charge in [0.05, 0.1) is 11.4 Å². The maximum absolute atomic E-state index is 6.10. The SMILES string of the molecule is Cc1ccc(-c2nn(-c3ccccc3)cc2CNc2cccc(Cl)c2)cc1. The first-order valence-corrected chi connectivity index (χ1v) is 9.27. The summed E-state index contributed by atoms with van der Waals surface area (Å²) in [6.45, 7) is 2.75. The van der Waals surface area contributed by atoms with Gasteiger partial charge in [-0.3, -0.25) is 0 Å². The predicted molar refractivity (Wildman–Crippen MR) is 113 cm³/mol. The van der Waals surface area contributed by atoms with Crippen molar-refractivity contribution in [1.82, 2.24) is 9.78 Å². The summed E-state index contributed by atoms with van der Waals surface area (Å²) in [6, 6.07) is 26.4. The summed E-state index contributed by atoms with van der Waals surface area (Å²) < 4.78 is 1.93. The van der Waals surface area contributed by atoms with E-state index < -0.39 is 0 Å². The van der Waals surface area contributed by atoms with Gasteiger partial charge in [0.15, 0.2) is 0 Å². The van der Waals surface area contributed by atoms with Crippen molar-refractivity contribution in [3.05, 3.63) is 101 Å². The summed E-state index contributed by atoms with van der Waals surface area (Å²) in [5, 5.41) is 9.03. The number of aromatic nitrogens is 2. The van der Waals surface area contributed by atoms with Crippen LogP contribution in [0.5, 0.6) is 0 Å². The fourth-order valence-corrected chi connectivity index (χ4v) is 3.19. The molecule has 0 radical (unpaired) electrons. The number of nitrogens with one attached hydrogen (secondary N) is 1. The van der Waals surface area contributed by atoms with E-state index in [1.165, 1.54) is 5.56 Å². The van der Waals surface area contributed by atoms with Crippen molar-refractivity contribution < 1.29 is 0 Å². The minimum atomic E-state index is 0.663. The molecule has 0 aliphatic rings. The van der Waals surface area contributed by atoms with E-state index in [-0.39, 0.29) is 0 Å². The average Bonchev–Trinajstić information content (AvgIpc) is 3.12. The zero-order valence-corrected chi connectivity index (χ0v) is 15.8. The van der Waals surface area contributed by atoms with Gasteiger partial charge in [-0.2, -0.15) is 5.10 Å². The van der Waals surface area contributed by atoms with Crippen LogP contribution in [0.25, 0.3) is 16.9 Å². The lowest BCUT2D eigenvalue weighted by atomic mass is 10.1. The summed E-state index contributed by atoms with van der Waals surface area (Å²) in [7, 11) is 0. The Kier molecular flexibility index (Phi) is 4.95. The number of benzene rings is 3. The number of hydrogen-bond donors (Lipinski definition) is 1. The van der Waals surface area contributed by atoms with Crippen LogP contribution >= 0.6 is 11.6 Å². The predicted octanol–water partition coefficient (Wildman–Crippen LogP) is 6.11. The molecule has 4 rings (SSSR count). The molecule has 4 heteroatoms. The molecule has 4 aromatic rings. The van der Waals surface area contributed by atoms with Crippen LogP contribution in [0.2, 0.25) is 5.02 Å². The Morgan fingerprint density at radius 2 is 1.70 bits per heavy atom. The molecule has 0 aliphatic heterocycles. The van der Waals surface area contributed by atoms with Crippen molar-refractivity contribution in [2.75, 3.05) is 5.32 Å². The molecule has 1 N–H and O–H groups in total. The average molecular weight is 374 g/mol. The number of rotatable bonds is 5. The van der Waals surface area contributed by atoms with E-state index in [4.69, 9.17) is 16.7 Å². The highest BCUT2D eigenvalue weighted by Gasteiger charge is 2.12. The lowest BCUT2D eigenvalue weighted by molar-refractivity contribution is 0.883. The van der Waals surface area contributed by atoms with E-state index in [1.54, 1.807) is 0 Å². The molecule has 0 spiro atoms. The lowest BCUT2D eigenvalue weighted by Crippen LogP contribution is -1.99. The molecule has 27 heavy (non-hydrogen) atoms. The summed E-state index contributed by atoms with van der Waals surface area (Å²) in [5.74, 6) is 0. The van der Waals surface area contributed by atoms with E-state index in [1.807, 2.05) is 47.1 Å². The van der Waals surface area contributed by atoms with Crippen molar-refractivity contribution >= 4 is 17.3 Å². The van der Waals surface area contributed by atoms with E-state index in [0.717, 1.165) is 33.2 Å². The summed E-state index contributed by atoms with van der Waals surface area (Å²) >= 11 is 6.10. The molecule has 0 bridgehead atoms. The second-order valence-electron chi connectivity index (χ2n) is 6.51. The smallest absolute Gasteiger partial charge is 0.0977 e. The molecule has 0 unspecified atom stereocenters. The Hall–Kier alpha value is -3.04. The Labute approximate surface area is 164 Å². The van der Waals surface area contributed by atoms with Gasteiger partial charge in [-0.25, -0.2) is 4.68 Å². The monoisotopic (exact) mass is 373 g/mol. The number of hydrogen-bond acceptors (Lipinski definition) is 2. The molecule has 1 aromatic heterocycles. The molecule has 0 saturated heterocycles. The molecular formula is C23H20ClN3. The zero-order chi connectivity index (χ0) is 18.6. The first-order valence-electron chi connectivity index (χ1n) is 8.89. The number of nitrogens with zero attached hydrogens (tertiary/aromatic N) is 2. The molecule has 134 valence electrons. The Bertz CT molecular complexity index is 1040. The minimum Gasteiger partial charge on any atom is -0.381 e. The van der Waals surface area contributed by atoms with E-state index >= 15 is 0 Å². The fourth-order valence-electron chi connectivity index (χ4n) is 3.00. The molecule has 0 aliphatic carbocycles. The zero-order valence-electron chi connectivity index (χ0n) is 15.1. The molecule has 0 fully saturated rings. The summed E-state index contributed by atoms with van der Waals surface area (Å²) in [6.07, 6.45) is 2.09. The third kappa shape index (κ3) is 4.04. The topological polar surface area (TPSA) is 29.9 Å². The van der Waals surface area contributed by atoms with E-state index in [2.05, 4.69) is 54.8 Å². The number of anilines is 1. The first kappa shape index (κ1) is 17.4. The number of halogens is 1. The van der Waals surface area contributed by atoms with Gasteiger partial charge in [-0.15, -0.1) is 0 Å². The summed E-state index contributed by atoms with van der Waals surface area (Å²) in [4.78, 5) is 0. The molecular weight excluding hydrogens is 354 g/mol. The van der Waals surface area contributed by atoms with Crippen molar-refractivity contribution in [3.8, 4) is 16.9 Å². The highest BCUT2D eigenvalue weighted by atomic mass is 35.5. The normalized spacial score (nSPS) is 10.7. The van der Waals surface area contributed by atoms with Crippen LogP contribution in [0.15, 0.2) is 85.1 Å². The van der Waals surface area contributed by atoms with Gasteiger partial charge in [0.25, 0.3) is 0 Å². The molecule has 0 atom stereocenters. The quantitative estimate of drug-likeness (QED) is 0.457. The van der Waals surface area contributed by atoms with Crippen molar-refractivity contribution in [2.24, 2.45) is 0 Å². The third-order valence-electron chi connectivity index (χ3n) is 4.44. The largest absolute Gasteiger partial charge is 0.381 e. The Morgan fingerprint density at radius 1 is 0.926 bits per heavy atom. The minimum absolute atomic E-state index is 0.663. The van der Waals surface area contributed by atoms with Crippen molar-refractivity contribution in [1.29, 1.82) is 0 Å². The van der Waals surface area contributed by atoms with Gasteiger partial charge in [-0.1, -0.05) is 65.7 Å². The van der Waals surface area contributed by atoms with E-state index in [9.17, 15) is 0 Å². The number of para-hydroxylation sites is 1. The highest BCUT2D eigenvalue weighted by molar-refractivity contribution is 6.30. The van der Waals surface area contributed by atoms with Crippen LogP contribution in [-0.4, -0.2) is 9.78 Å². The van der Waals surface area contributed by atoms with Gasteiger partial charge in [0, 0.05) is 34.6 Å². The second-order valence-corrected chi connectivity index (χ2v) is 6.95. The van der Waals surface area contributed by atoms with Crippen LogP contribution in [0.4, 0.5) is 5.69 Å². The summed E-state index contributed by atoms with van der Waals surface area (Å²) in [5.41, 5.74) is 6.48. The molecule has 0 saturated carbocycles. The van der Waals surface area contributed by atoms with Crippen LogP contribution in [0.1, 0.15) is 11.1 Å². The highest BCUT2D eigenvalue weighted by Crippen LogP contribution is 2.25. The van der Waals surface area contributed by atoms with Crippen molar-refractivity contribution in [3.63, 3.8) is 0 Å². The molecule has 3 aromatic carbocycles. The first-order chi connectivity index (χ1) is 13.2. The fraction of sp³-hybridized carbons (Fsp3) is 0.0870. The van der Waals surface area contributed by atoms with Gasteiger partial charge in [0.2, 0.25) is 0 Å².